The summed E-state index contributed by atoms with van der Waals surface area (Å²) in [5.74, 6) is 0.229. The summed E-state index contributed by atoms with van der Waals surface area (Å²) in [7, 11) is -3.44. The summed E-state index contributed by atoms with van der Waals surface area (Å²) < 4.78 is 25.7. The fourth-order valence-electron chi connectivity index (χ4n) is 1.11. The number of nitrogens with zero attached hydrogens (tertiary/aromatic N) is 1. The Kier molecular flexibility index (Phi) is 4.25. The van der Waals surface area contributed by atoms with Crippen LogP contribution in [0.25, 0.3) is 0 Å². The summed E-state index contributed by atoms with van der Waals surface area (Å²) in [4.78, 5) is 0. The lowest BCUT2D eigenvalue weighted by molar-refractivity contribution is 0.514. The van der Waals surface area contributed by atoms with E-state index in [4.69, 9.17) is 5.73 Å². The molecule has 0 aliphatic heterocycles. The predicted molar refractivity (Wildman–Crippen MR) is 56.6 cm³/mol. The van der Waals surface area contributed by atoms with Crippen LogP contribution in [0.15, 0.2) is 17.3 Å². The van der Waals surface area contributed by atoms with Crippen LogP contribution < -0.4 is 10.5 Å². The molecule has 0 aliphatic rings. The van der Waals surface area contributed by atoms with E-state index in [1.54, 1.807) is 0 Å². The molecule has 86 valence electrons. The van der Waals surface area contributed by atoms with Gasteiger partial charge in [-0.3, -0.25) is 5.10 Å². The summed E-state index contributed by atoms with van der Waals surface area (Å²) in [6.07, 6.45) is 2.20. The second-order valence-corrected chi connectivity index (χ2v) is 5.19. The van der Waals surface area contributed by atoms with Crippen molar-refractivity contribution in [3.05, 3.63) is 12.3 Å². The van der Waals surface area contributed by atoms with Gasteiger partial charge in [0.05, 0.1) is 6.20 Å². The Morgan fingerprint density at radius 3 is 2.93 bits per heavy atom. The lowest BCUT2D eigenvalue weighted by Crippen LogP contribution is -2.29. The van der Waals surface area contributed by atoms with Crippen molar-refractivity contribution in [2.75, 3.05) is 13.1 Å². The van der Waals surface area contributed by atoms with E-state index in [1.165, 1.54) is 12.3 Å². The van der Waals surface area contributed by atoms with E-state index in [0.717, 1.165) is 6.42 Å². The molecule has 0 saturated heterocycles. The van der Waals surface area contributed by atoms with Crippen LogP contribution in [-0.4, -0.2) is 31.7 Å². The number of rotatable bonds is 6. The van der Waals surface area contributed by atoms with Gasteiger partial charge in [0.15, 0.2) is 5.03 Å². The highest BCUT2D eigenvalue weighted by Gasteiger charge is 2.15. The first-order valence-electron chi connectivity index (χ1n) is 4.75. The number of aromatic nitrogens is 2. The number of nitrogens with one attached hydrogen (secondary N) is 2. The summed E-state index contributed by atoms with van der Waals surface area (Å²) >= 11 is 0. The van der Waals surface area contributed by atoms with Gasteiger partial charge >= 0.3 is 0 Å². The topological polar surface area (TPSA) is 101 Å². The van der Waals surface area contributed by atoms with E-state index in [0.29, 0.717) is 13.1 Å². The van der Waals surface area contributed by atoms with Gasteiger partial charge in [0.25, 0.3) is 10.0 Å². The molecule has 0 radical (unpaired) electrons. The number of nitrogens with two attached hydrogens (primary N) is 1. The molecule has 0 aliphatic carbocycles. The zero-order valence-electron chi connectivity index (χ0n) is 8.60. The van der Waals surface area contributed by atoms with Crippen LogP contribution in [0, 0.1) is 5.92 Å². The Labute approximate surface area is 89.3 Å². The van der Waals surface area contributed by atoms with Crippen LogP contribution >= 0.6 is 0 Å². The first-order chi connectivity index (χ1) is 7.06. The molecule has 0 saturated carbocycles. The minimum atomic E-state index is -3.44. The Morgan fingerprint density at radius 2 is 2.40 bits per heavy atom. The van der Waals surface area contributed by atoms with Crippen molar-refractivity contribution in [1.29, 1.82) is 0 Å². The third-order valence-electron chi connectivity index (χ3n) is 2.05. The first kappa shape index (κ1) is 12.2. The zero-order valence-corrected chi connectivity index (χ0v) is 9.42. The SMILES string of the molecule is CC(CCN)CNS(=O)(=O)c1ccn[nH]1. The highest BCUT2D eigenvalue weighted by atomic mass is 32.2. The Balaban J connectivity index is 2.52. The molecule has 1 unspecified atom stereocenters. The smallest absolute Gasteiger partial charge is 0.257 e. The number of hydrogen-bond donors (Lipinski definition) is 3. The van der Waals surface area contributed by atoms with Gasteiger partial charge in [-0.1, -0.05) is 6.92 Å². The largest absolute Gasteiger partial charge is 0.330 e. The van der Waals surface area contributed by atoms with E-state index in [-0.39, 0.29) is 10.9 Å². The summed E-state index contributed by atoms with van der Waals surface area (Å²) in [5, 5.41) is 6.08. The van der Waals surface area contributed by atoms with Gasteiger partial charge in [-0.2, -0.15) is 5.10 Å². The van der Waals surface area contributed by atoms with Crippen molar-refractivity contribution < 1.29 is 8.42 Å². The monoisotopic (exact) mass is 232 g/mol. The Morgan fingerprint density at radius 1 is 1.67 bits per heavy atom. The minimum Gasteiger partial charge on any atom is -0.330 e. The molecule has 7 heteroatoms. The van der Waals surface area contributed by atoms with Crippen LogP contribution in [0.1, 0.15) is 13.3 Å². The van der Waals surface area contributed by atoms with Crippen molar-refractivity contribution in [3.8, 4) is 0 Å². The van der Waals surface area contributed by atoms with Gasteiger partial charge in [0, 0.05) is 6.54 Å². The van der Waals surface area contributed by atoms with Gasteiger partial charge in [0.2, 0.25) is 0 Å². The Hall–Kier alpha value is -0.920. The van der Waals surface area contributed by atoms with Gasteiger partial charge in [0.1, 0.15) is 0 Å². The predicted octanol–water partition coefficient (Wildman–Crippen LogP) is -0.327. The summed E-state index contributed by atoms with van der Waals surface area (Å²) in [6.45, 7) is 2.90. The van der Waals surface area contributed by atoms with Crippen molar-refractivity contribution in [3.63, 3.8) is 0 Å². The van der Waals surface area contributed by atoms with Crippen molar-refractivity contribution >= 4 is 10.0 Å². The van der Waals surface area contributed by atoms with E-state index in [2.05, 4.69) is 14.9 Å². The fourth-order valence-corrected chi connectivity index (χ4v) is 2.18. The molecule has 1 heterocycles. The van der Waals surface area contributed by atoms with E-state index < -0.39 is 10.0 Å². The Bertz CT molecular complexity index is 373. The molecule has 0 amide bonds. The molecule has 4 N–H and O–H groups in total. The highest BCUT2D eigenvalue weighted by molar-refractivity contribution is 7.89. The number of hydrogen-bond acceptors (Lipinski definition) is 4. The van der Waals surface area contributed by atoms with E-state index in [1.807, 2.05) is 6.92 Å². The van der Waals surface area contributed by atoms with E-state index in [9.17, 15) is 8.42 Å². The maximum Gasteiger partial charge on any atom is 0.257 e. The minimum absolute atomic E-state index is 0.0856. The first-order valence-corrected chi connectivity index (χ1v) is 6.23. The molecular weight excluding hydrogens is 216 g/mol. The standard InChI is InChI=1S/C8H16N4O2S/c1-7(2-4-9)6-11-15(13,14)8-3-5-10-12-8/h3,5,7,11H,2,4,6,9H2,1H3,(H,10,12). The number of H-pyrrole nitrogens is 1. The van der Waals surface area contributed by atoms with Crippen LogP contribution in [0.2, 0.25) is 0 Å². The summed E-state index contributed by atoms with van der Waals surface area (Å²) in [5.41, 5.74) is 5.37. The molecule has 0 aromatic carbocycles. The van der Waals surface area contributed by atoms with Gasteiger partial charge in [-0.25, -0.2) is 13.1 Å². The molecule has 1 rings (SSSR count). The van der Waals surface area contributed by atoms with Crippen molar-refractivity contribution in [2.45, 2.75) is 18.4 Å². The van der Waals surface area contributed by atoms with Crippen LogP contribution in [0.5, 0.6) is 0 Å². The molecule has 0 spiro atoms. The zero-order chi connectivity index (χ0) is 11.3. The van der Waals surface area contributed by atoms with Gasteiger partial charge < -0.3 is 5.73 Å². The number of sulfonamides is 1. The molecule has 1 atom stereocenters. The molecule has 0 bridgehead atoms. The van der Waals surface area contributed by atoms with Crippen molar-refractivity contribution in [2.24, 2.45) is 11.7 Å². The fraction of sp³-hybridized carbons (Fsp3) is 0.625. The third kappa shape index (κ3) is 3.61. The molecular formula is C8H16N4O2S. The lowest BCUT2D eigenvalue weighted by Gasteiger charge is -2.10. The molecule has 15 heavy (non-hydrogen) atoms. The quantitative estimate of drug-likeness (QED) is 0.625. The second-order valence-electron chi connectivity index (χ2n) is 3.46. The number of aromatic amines is 1. The third-order valence-corrected chi connectivity index (χ3v) is 3.40. The second kappa shape index (κ2) is 5.24. The van der Waals surface area contributed by atoms with Crippen LogP contribution in [0.4, 0.5) is 0 Å². The van der Waals surface area contributed by atoms with Gasteiger partial charge in [-0.15, -0.1) is 0 Å². The summed E-state index contributed by atoms with van der Waals surface area (Å²) in [6, 6.07) is 1.41. The highest BCUT2D eigenvalue weighted by Crippen LogP contribution is 2.04. The normalized spacial score (nSPS) is 14.0. The van der Waals surface area contributed by atoms with E-state index >= 15 is 0 Å². The maximum atomic E-state index is 11.6. The van der Waals surface area contributed by atoms with Crippen LogP contribution in [-0.2, 0) is 10.0 Å². The molecule has 1 aromatic heterocycles. The lowest BCUT2D eigenvalue weighted by atomic mass is 10.1. The molecule has 0 fully saturated rings. The maximum absolute atomic E-state index is 11.6. The average Bonchev–Trinajstić information content (AvgIpc) is 2.69. The van der Waals surface area contributed by atoms with Crippen molar-refractivity contribution in [1.82, 2.24) is 14.9 Å². The van der Waals surface area contributed by atoms with Gasteiger partial charge in [-0.05, 0) is 24.9 Å². The van der Waals surface area contributed by atoms with Crippen LogP contribution in [0.3, 0.4) is 0 Å². The molecule has 1 aromatic rings. The molecule has 6 nitrogen and oxygen atoms in total. The average molecular weight is 232 g/mol.